The molecule has 1 unspecified atom stereocenters. The van der Waals surface area contributed by atoms with Crippen molar-refractivity contribution >= 4 is 5.78 Å². The van der Waals surface area contributed by atoms with E-state index in [1.165, 1.54) is 0 Å². The van der Waals surface area contributed by atoms with Gasteiger partial charge in [0, 0.05) is 16.5 Å². The van der Waals surface area contributed by atoms with Crippen LogP contribution >= 0.6 is 0 Å². The van der Waals surface area contributed by atoms with Gasteiger partial charge in [0.25, 0.3) is 0 Å². The lowest BCUT2D eigenvalue weighted by atomic mass is 9.74. The summed E-state index contributed by atoms with van der Waals surface area (Å²) in [5, 5.41) is 7.05. The van der Waals surface area contributed by atoms with Gasteiger partial charge >= 0.3 is 0 Å². The van der Waals surface area contributed by atoms with E-state index in [2.05, 4.69) is 66.0 Å². The Morgan fingerprint density at radius 1 is 0.909 bits per heavy atom. The van der Waals surface area contributed by atoms with E-state index in [1.54, 1.807) is 0 Å². The molecule has 0 amide bonds. The minimum Gasteiger partial charge on any atom is -0.315 e. The zero-order valence-corrected chi connectivity index (χ0v) is 16.5. The van der Waals surface area contributed by atoms with Crippen LogP contribution in [0.3, 0.4) is 0 Å². The Morgan fingerprint density at radius 2 is 1.36 bits per heavy atom. The van der Waals surface area contributed by atoms with Crippen molar-refractivity contribution in [2.45, 2.75) is 105 Å². The van der Waals surface area contributed by atoms with Gasteiger partial charge in [-0.1, -0.05) is 34.6 Å². The quantitative estimate of drug-likeness (QED) is 0.597. The number of hydrogen-bond donors (Lipinski definition) is 2. The van der Waals surface area contributed by atoms with Crippen molar-refractivity contribution < 1.29 is 4.79 Å². The third-order valence-electron chi connectivity index (χ3n) is 5.95. The van der Waals surface area contributed by atoms with Crippen molar-refractivity contribution in [1.82, 2.24) is 10.6 Å². The highest BCUT2D eigenvalue weighted by molar-refractivity contribution is 5.89. The van der Waals surface area contributed by atoms with Gasteiger partial charge in [0.2, 0.25) is 0 Å². The molecule has 0 bridgehead atoms. The van der Waals surface area contributed by atoms with Crippen LogP contribution < -0.4 is 10.6 Å². The molecule has 0 aliphatic carbocycles. The third kappa shape index (κ3) is 5.66. The zero-order chi connectivity index (χ0) is 17.6. The van der Waals surface area contributed by atoms with E-state index >= 15 is 0 Å². The molecule has 0 spiro atoms. The van der Waals surface area contributed by atoms with E-state index < -0.39 is 0 Å². The Labute approximate surface area is 139 Å². The van der Waals surface area contributed by atoms with Crippen LogP contribution in [-0.4, -0.2) is 30.0 Å². The normalized spacial score (nSPS) is 15.0. The lowest BCUT2D eigenvalue weighted by Crippen LogP contribution is -2.57. The molecule has 0 heterocycles. The average Bonchev–Trinajstić information content (AvgIpc) is 2.52. The van der Waals surface area contributed by atoms with Crippen LogP contribution in [-0.2, 0) is 4.79 Å². The Bertz CT molecular complexity index is 341. The van der Waals surface area contributed by atoms with Crippen molar-refractivity contribution in [3.8, 4) is 0 Å². The molecule has 1 atom stereocenters. The number of carbonyl (C=O) groups is 1. The minimum absolute atomic E-state index is 0.0204. The van der Waals surface area contributed by atoms with E-state index in [4.69, 9.17) is 0 Å². The summed E-state index contributed by atoms with van der Waals surface area (Å²) in [6.45, 7) is 17.3. The molecule has 0 fully saturated rings. The highest BCUT2D eigenvalue weighted by Gasteiger charge is 2.39. The molecular formula is C19H40N2O. The second-order valence-corrected chi connectivity index (χ2v) is 7.93. The van der Waals surface area contributed by atoms with E-state index in [9.17, 15) is 4.79 Å². The number of ketones is 1. The molecule has 0 saturated carbocycles. The van der Waals surface area contributed by atoms with Gasteiger partial charge in [-0.15, -0.1) is 0 Å². The Kier molecular flexibility index (Phi) is 8.29. The van der Waals surface area contributed by atoms with Crippen LogP contribution in [0.2, 0.25) is 0 Å². The third-order valence-corrected chi connectivity index (χ3v) is 5.95. The maximum atomic E-state index is 13.2. The molecule has 0 aliphatic rings. The van der Waals surface area contributed by atoms with Crippen LogP contribution in [0, 0.1) is 5.41 Å². The molecule has 0 aromatic heterocycles. The first kappa shape index (κ1) is 21.6. The average molecular weight is 313 g/mol. The topological polar surface area (TPSA) is 41.1 Å². The van der Waals surface area contributed by atoms with Gasteiger partial charge in [-0.2, -0.15) is 0 Å². The Hall–Kier alpha value is -0.410. The molecule has 3 nitrogen and oxygen atoms in total. The van der Waals surface area contributed by atoms with Crippen LogP contribution in [0.1, 0.15) is 87.5 Å². The molecule has 0 saturated heterocycles. The molecule has 3 heteroatoms. The molecule has 0 aromatic carbocycles. The smallest absolute Gasteiger partial charge is 0.155 e. The predicted octanol–water partition coefficient (Wildman–Crippen LogP) is 4.31. The molecule has 0 aromatic rings. The van der Waals surface area contributed by atoms with Gasteiger partial charge in [-0.25, -0.2) is 0 Å². The van der Waals surface area contributed by atoms with Crippen LogP contribution in [0.15, 0.2) is 0 Å². The fourth-order valence-corrected chi connectivity index (χ4v) is 2.72. The van der Waals surface area contributed by atoms with E-state index in [0.717, 1.165) is 32.1 Å². The first-order chi connectivity index (χ1) is 10.0. The predicted molar refractivity (Wildman–Crippen MR) is 97.4 cm³/mol. The molecule has 0 rings (SSSR count). The van der Waals surface area contributed by atoms with Gasteiger partial charge in [-0.3, -0.25) is 4.79 Å². The van der Waals surface area contributed by atoms with Gasteiger partial charge in [-0.05, 0) is 59.9 Å². The first-order valence-electron chi connectivity index (χ1n) is 9.04. The lowest BCUT2D eigenvalue weighted by Gasteiger charge is -2.40. The summed E-state index contributed by atoms with van der Waals surface area (Å²) < 4.78 is 0. The highest BCUT2D eigenvalue weighted by Crippen LogP contribution is 2.31. The summed E-state index contributed by atoms with van der Waals surface area (Å²) in [5.41, 5.74) is -0.269. The SMILES string of the molecule is CCC(C)(CC)NC(CC(C)(C)NC)C(=O)C(C)(CC)CC. The first-order valence-corrected chi connectivity index (χ1v) is 9.04. The Morgan fingerprint density at radius 3 is 1.68 bits per heavy atom. The largest absolute Gasteiger partial charge is 0.315 e. The zero-order valence-electron chi connectivity index (χ0n) is 16.5. The number of nitrogens with one attached hydrogen (secondary N) is 2. The lowest BCUT2D eigenvalue weighted by molar-refractivity contribution is -0.131. The summed E-state index contributed by atoms with van der Waals surface area (Å²) >= 11 is 0. The van der Waals surface area contributed by atoms with Crippen molar-refractivity contribution in [2.24, 2.45) is 5.41 Å². The summed E-state index contributed by atoms with van der Waals surface area (Å²) in [7, 11) is 1.97. The molecule has 0 radical (unpaired) electrons. The minimum atomic E-state index is -0.232. The van der Waals surface area contributed by atoms with Crippen molar-refractivity contribution in [2.75, 3.05) is 7.05 Å². The standard InChI is InChI=1S/C19H40N2O/c1-10-18(7,11-2)16(22)15(14-17(5,6)20-9)21-19(8,12-3)13-4/h15,20-21H,10-14H2,1-9H3. The summed E-state index contributed by atoms with van der Waals surface area (Å²) in [5.74, 6) is 0.369. The van der Waals surface area contributed by atoms with Gasteiger partial charge in [0.1, 0.15) is 0 Å². The van der Waals surface area contributed by atoms with Gasteiger partial charge in [0.05, 0.1) is 6.04 Å². The summed E-state index contributed by atoms with van der Waals surface area (Å²) in [6, 6.07) is -0.0998. The van der Waals surface area contributed by atoms with Crippen molar-refractivity contribution in [3.05, 3.63) is 0 Å². The summed E-state index contributed by atoms with van der Waals surface area (Å²) in [4.78, 5) is 13.2. The Balaban J connectivity index is 5.47. The molecule has 0 aliphatic heterocycles. The molecule has 2 N–H and O–H groups in total. The van der Waals surface area contributed by atoms with Gasteiger partial charge < -0.3 is 10.6 Å². The maximum absolute atomic E-state index is 13.2. The summed E-state index contributed by atoms with van der Waals surface area (Å²) in [6.07, 6.45) is 4.67. The molecule has 132 valence electrons. The second-order valence-electron chi connectivity index (χ2n) is 7.93. The fraction of sp³-hybridized carbons (Fsp3) is 0.947. The monoisotopic (exact) mass is 312 g/mol. The van der Waals surface area contributed by atoms with E-state index in [0.29, 0.717) is 5.78 Å². The van der Waals surface area contributed by atoms with Crippen molar-refractivity contribution in [1.29, 1.82) is 0 Å². The van der Waals surface area contributed by atoms with Crippen LogP contribution in [0.25, 0.3) is 0 Å². The van der Waals surface area contributed by atoms with Crippen LogP contribution in [0.4, 0.5) is 0 Å². The molecule has 22 heavy (non-hydrogen) atoms. The highest BCUT2D eigenvalue weighted by atomic mass is 16.1. The number of carbonyl (C=O) groups excluding carboxylic acids is 1. The second kappa shape index (κ2) is 8.44. The van der Waals surface area contributed by atoms with Crippen LogP contribution in [0.5, 0.6) is 0 Å². The van der Waals surface area contributed by atoms with Crippen molar-refractivity contribution in [3.63, 3.8) is 0 Å². The number of Topliss-reactive ketones (excluding diaryl/α,β-unsaturated/α-hetero) is 1. The number of rotatable bonds is 11. The number of hydrogen-bond acceptors (Lipinski definition) is 3. The fourth-order valence-electron chi connectivity index (χ4n) is 2.72. The van der Waals surface area contributed by atoms with E-state index in [-0.39, 0.29) is 22.5 Å². The van der Waals surface area contributed by atoms with E-state index in [1.807, 2.05) is 7.05 Å². The van der Waals surface area contributed by atoms with Gasteiger partial charge in [0.15, 0.2) is 5.78 Å². The maximum Gasteiger partial charge on any atom is 0.155 e. The molecular weight excluding hydrogens is 272 g/mol.